The summed E-state index contributed by atoms with van der Waals surface area (Å²) in [4.78, 5) is 11.5. The van der Waals surface area contributed by atoms with Crippen molar-refractivity contribution in [1.29, 1.82) is 0 Å². The van der Waals surface area contributed by atoms with Gasteiger partial charge in [0.15, 0.2) is 11.5 Å². The molecule has 2 heterocycles. The first-order valence-corrected chi connectivity index (χ1v) is 6.60. The molecule has 1 aliphatic rings. The van der Waals surface area contributed by atoms with Gasteiger partial charge in [0.25, 0.3) is 0 Å². The second-order valence-electron chi connectivity index (χ2n) is 5.88. The lowest BCUT2D eigenvalue weighted by atomic mass is 10.1. The highest BCUT2D eigenvalue weighted by atomic mass is 16.7. The number of aromatic nitrogens is 2. The van der Waals surface area contributed by atoms with E-state index in [0.717, 1.165) is 0 Å². The number of hydrogen-bond acceptors (Lipinski definition) is 4. The molecule has 110 valence electrons. The van der Waals surface area contributed by atoms with Gasteiger partial charge in [-0.25, -0.2) is 4.79 Å². The van der Waals surface area contributed by atoms with E-state index >= 15 is 0 Å². The van der Waals surface area contributed by atoms with Crippen LogP contribution < -0.4 is 9.47 Å². The summed E-state index contributed by atoms with van der Waals surface area (Å²) in [6.07, 6.45) is 1.56. The van der Waals surface area contributed by atoms with Crippen LogP contribution in [0, 0.1) is 0 Å². The zero-order chi connectivity index (χ0) is 15.2. The smallest absolute Gasteiger partial charge is 0.339 e. The van der Waals surface area contributed by atoms with Crippen LogP contribution >= 0.6 is 0 Å². The van der Waals surface area contributed by atoms with Crippen molar-refractivity contribution in [2.24, 2.45) is 0 Å². The third-order valence-corrected chi connectivity index (χ3v) is 3.28. The Morgan fingerprint density at radius 1 is 1.29 bits per heavy atom. The zero-order valence-electron chi connectivity index (χ0n) is 12.1. The lowest BCUT2D eigenvalue weighted by molar-refractivity contribution is 0.0697. The average Bonchev–Trinajstić information content (AvgIpc) is 3.03. The summed E-state index contributed by atoms with van der Waals surface area (Å²) in [6.45, 7) is 6.08. The Morgan fingerprint density at radius 3 is 2.67 bits per heavy atom. The molecule has 2 aromatic rings. The molecule has 0 bridgehead atoms. The molecule has 0 saturated heterocycles. The van der Waals surface area contributed by atoms with Gasteiger partial charge in [0.2, 0.25) is 6.79 Å². The largest absolute Gasteiger partial charge is 0.478 e. The van der Waals surface area contributed by atoms with Crippen LogP contribution in [0.4, 0.5) is 0 Å². The standard InChI is InChI=1S/C15H16N2O4/c1-15(2,3)17-7-10(14(18)19)13(16-17)9-4-5-11-12(6-9)21-8-20-11/h4-7H,8H2,1-3H3,(H,18,19). The van der Waals surface area contributed by atoms with Crippen molar-refractivity contribution in [3.8, 4) is 22.8 Å². The van der Waals surface area contributed by atoms with Crippen LogP contribution in [0.3, 0.4) is 0 Å². The van der Waals surface area contributed by atoms with Crippen LogP contribution in [0.2, 0.25) is 0 Å². The molecule has 1 aromatic heterocycles. The molecule has 6 heteroatoms. The lowest BCUT2D eigenvalue weighted by Crippen LogP contribution is -2.22. The molecule has 0 fully saturated rings. The van der Waals surface area contributed by atoms with E-state index in [2.05, 4.69) is 5.10 Å². The normalized spacial score (nSPS) is 13.5. The maximum Gasteiger partial charge on any atom is 0.339 e. The number of nitrogens with zero attached hydrogens (tertiary/aromatic N) is 2. The SMILES string of the molecule is CC(C)(C)n1cc(C(=O)O)c(-c2ccc3c(c2)OCO3)n1. The summed E-state index contributed by atoms with van der Waals surface area (Å²) >= 11 is 0. The maximum atomic E-state index is 11.5. The van der Waals surface area contributed by atoms with Crippen molar-refractivity contribution in [2.75, 3.05) is 6.79 Å². The molecule has 0 unspecified atom stereocenters. The van der Waals surface area contributed by atoms with Gasteiger partial charge in [0, 0.05) is 11.8 Å². The Hall–Kier alpha value is -2.50. The van der Waals surface area contributed by atoms with E-state index in [-0.39, 0.29) is 17.9 Å². The summed E-state index contributed by atoms with van der Waals surface area (Å²) < 4.78 is 12.3. The number of rotatable bonds is 2. The van der Waals surface area contributed by atoms with Crippen LogP contribution in [-0.2, 0) is 5.54 Å². The molecule has 1 aromatic carbocycles. The number of carboxylic acid groups (broad SMARTS) is 1. The minimum Gasteiger partial charge on any atom is -0.478 e. The Labute approximate surface area is 121 Å². The van der Waals surface area contributed by atoms with Crippen LogP contribution in [-0.4, -0.2) is 27.6 Å². The van der Waals surface area contributed by atoms with Crippen LogP contribution in [0.5, 0.6) is 11.5 Å². The topological polar surface area (TPSA) is 73.6 Å². The first-order valence-electron chi connectivity index (χ1n) is 6.60. The predicted molar refractivity (Wildman–Crippen MR) is 75.7 cm³/mol. The van der Waals surface area contributed by atoms with E-state index in [9.17, 15) is 9.90 Å². The predicted octanol–water partition coefficient (Wildman–Crippen LogP) is 2.73. The highest BCUT2D eigenvalue weighted by Crippen LogP contribution is 2.36. The quantitative estimate of drug-likeness (QED) is 0.919. The second-order valence-corrected chi connectivity index (χ2v) is 5.88. The Morgan fingerprint density at radius 2 is 2.00 bits per heavy atom. The van der Waals surface area contributed by atoms with E-state index in [1.807, 2.05) is 20.8 Å². The second kappa shape index (κ2) is 4.51. The van der Waals surface area contributed by atoms with Gasteiger partial charge < -0.3 is 14.6 Å². The summed E-state index contributed by atoms with van der Waals surface area (Å²) in [6, 6.07) is 5.30. The Balaban J connectivity index is 2.13. The number of ether oxygens (including phenoxy) is 2. The summed E-state index contributed by atoms with van der Waals surface area (Å²) in [5, 5.41) is 13.8. The molecule has 1 N–H and O–H groups in total. The van der Waals surface area contributed by atoms with Gasteiger partial charge in [-0.3, -0.25) is 4.68 Å². The number of benzene rings is 1. The van der Waals surface area contributed by atoms with Gasteiger partial charge >= 0.3 is 5.97 Å². The molecular weight excluding hydrogens is 272 g/mol. The van der Waals surface area contributed by atoms with E-state index in [1.165, 1.54) is 0 Å². The highest BCUT2D eigenvalue weighted by molar-refractivity contribution is 5.94. The zero-order valence-corrected chi connectivity index (χ0v) is 12.1. The van der Waals surface area contributed by atoms with Crippen molar-refractivity contribution >= 4 is 5.97 Å². The lowest BCUT2D eigenvalue weighted by Gasteiger charge is -2.18. The Kier molecular flexibility index (Phi) is 2.90. The molecule has 0 aliphatic carbocycles. The molecule has 3 rings (SSSR count). The summed E-state index contributed by atoms with van der Waals surface area (Å²) in [5.41, 5.74) is 0.998. The van der Waals surface area contributed by atoms with Crippen molar-refractivity contribution in [3.05, 3.63) is 30.0 Å². The summed E-state index contributed by atoms with van der Waals surface area (Å²) in [5.74, 6) is 0.262. The minimum atomic E-state index is -1.00. The van der Waals surface area contributed by atoms with E-state index in [0.29, 0.717) is 22.8 Å². The molecule has 1 aliphatic heterocycles. The van der Waals surface area contributed by atoms with Crippen molar-refractivity contribution in [3.63, 3.8) is 0 Å². The van der Waals surface area contributed by atoms with Gasteiger partial charge in [-0.15, -0.1) is 0 Å². The monoisotopic (exact) mass is 288 g/mol. The van der Waals surface area contributed by atoms with Gasteiger partial charge in [0.05, 0.1) is 5.54 Å². The van der Waals surface area contributed by atoms with Gasteiger partial charge in [-0.1, -0.05) is 0 Å². The number of fused-ring (bicyclic) bond motifs is 1. The highest BCUT2D eigenvalue weighted by Gasteiger charge is 2.24. The van der Waals surface area contributed by atoms with Crippen molar-refractivity contribution < 1.29 is 19.4 Å². The average molecular weight is 288 g/mol. The third-order valence-electron chi connectivity index (χ3n) is 3.28. The third kappa shape index (κ3) is 2.33. The molecular formula is C15H16N2O4. The molecule has 0 radical (unpaired) electrons. The fourth-order valence-electron chi connectivity index (χ4n) is 2.13. The fraction of sp³-hybridized carbons (Fsp3) is 0.333. The first-order chi connectivity index (χ1) is 9.86. The molecule has 0 spiro atoms. The summed E-state index contributed by atoms with van der Waals surface area (Å²) in [7, 11) is 0. The molecule has 0 amide bonds. The van der Waals surface area contributed by atoms with Crippen molar-refractivity contribution in [1.82, 2.24) is 9.78 Å². The van der Waals surface area contributed by atoms with Gasteiger partial charge in [0.1, 0.15) is 11.3 Å². The first kappa shape index (κ1) is 13.5. The van der Waals surface area contributed by atoms with Crippen molar-refractivity contribution in [2.45, 2.75) is 26.3 Å². The van der Waals surface area contributed by atoms with Crippen LogP contribution in [0.15, 0.2) is 24.4 Å². The number of aromatic carboxylic acids is 1. The Bertz CT molecular complexity index is 713. The number of carbonyl (C=O) groups is 1. The number of hydrogen-bond donors (Lipinski definition) is 1. The molecule has 6 nitrogen and oxygen atoms in total. The number of carboxylic acids is 1. The molecule has 0 atom stereocenters. The fourth-order valence-corrected chi connectivity index (χ4v) is 2.13. The maximum absolute atomic E-state index is 11.5. The molecule has 21 heavy (non-hydrogen) atoms. The van der Waals surface area contributed by atoms with Crippen LogP contribution in [0.1, 0.15) is 31.1 Å². The van der Waals surface area contributed by atoms with E-state index in [1.54, 1.807) is 29.1 Å². The minimum absolute atomic E-state index is 0.170. The van der Waals surface area contributed by atoms with Gasteiger partial charge in [-0.05, 0) is 39.0 Å². The van der Waals surface area contributed by atoms with Gasteiger partial charge in [-0.2, -0.15) is 5.10 Å². The van der Waals surface area contributed by atoms with E-state index < -0.39 is 5.97 Å². The molecule has 0 saturated carbocycles. The van der Waals surface area contributed by atoms with E-state index in [4.69, 9.17) is 9.47 Å². The van der Waals surface area contributed by atoms with Crippen LogP contribution in [0.25, 0.3) is 11.3 Å².